The van der Waals surface area contributed by atoms with Crippen LogP contribution >= 0.6 is 0 Å². The molecule has 34 heavy (non-hydrogen) atoms. The van der Waals surface area contributed by atoms with Crippen LogP contribution in [0.3, 0.4) is 0 Å². The Morgan fingerprint density at radius 2 is 1.41 bits per heavy atom. The molecule has 0 spiro atoms. The van der Waals surface area contributed by atoms with Crippen molar-refractivity contribution in [1.82, 2.24) is 5.32 Å². The molecule has 1 amide bonds. The van der Waals surface area contributed by atoms with E-state index >= 15 is 0 Å². The number of carbonyl (C=O) groups excluding carboxylic acids is 4. The first-order valence-corrected chi connectivity index (χ1v) is 11.6. The monoisotopic (exact) mass is 501 g/mol. The third kappa shape index (κ3) is 7.50. The van der Waals surface area contributed by atoms with Crippen molar-refractivity contribution in [2.24, 2.45) is 0 Å². The van der Waals surface area contributed by atoms with Crippen LogP contribution in [0.25, 0.3) is 0 Å². The van der Waals surface area contributed by atoms with Gasteiger partial charge >= 0.3 is 17.9 Å². The van der Waals surface area contributed by atoms with Crippen molar-refractivity contribution in [2.45, 2.75) is 70.2 Å². The fraction of sp³-hybridized carbons (Fsp3) is 0.524. The van der Waals surface area contributed by atoms with Crippen LogP contribution in [-0.4, -0.2) is 69.5 Å². The number of nitrogens with one attached hydrogen (secondary N) is 1. The molecule has 5 atom stereocenters. The summed E-state index contributed by atoms with van der Waals surface area (Å²) in [5.41, 5.74) is 0.835. The van der Waals surface area contributed by atoms with E-state index in [2.05, 4.69) is 5.32 Å². The molecule has 1 aliphatic heterocycles. The average Bonchev–Trinajstić information content (AvgIpc) is 2.70. The fourth-order valence-corrected chi connectivity index (χ4v) is 4.20. The zero-order chi connectivity index (χ0) is 25.6. The van der Waals surface area contributed by atoms with Crippen molar-refractivity contribution in [1.29, 1.82) is 0 Å². The number of carbonyl (C=O) groups is 4. The number of esters is 3. The maximum absolute atomic E-state index is 12.6. The summed E-state index contributed by atoms with van der Waals surface area (Å²) < 4.78 is 51.7. The van der Waals surface area contributed by atoms with Gasteiger partial charge in [-0.1, -0.05) is 17.7 Å². The van der Waals surface area contributed by atoms with Gasteiger partial charge in [-0.2, -0.15) is 8.42 Å². The maximum atomic E-state index is 12.6. The van der Waals surface area contributed by atoms with E-state index < -0.39 is 71.2 Å². The van der Waals surface area contributed by atoms with Crippen LogP contribution in [-0.2, 0) is 52.4 Å². The quantitative estimate of drug-likeness (QED) is 0.297. The SMILES string of the molecule is CC(=O)N[C@@H]1[C@H](OC(C)=O)O[C@H](COS(=O)(=O)c2ccc(C)cc2)[C@H](OC(C)=O)[C@H]1OC(C)=O. The van der Waals surface area contributed by atoms with Gasteiger partial charge in [0.2, 0.25) is 12.2 Å². The molecule has 13 heteroatoms. The molecule has 0 saturated carbocycles. The predicted octanol–water partition coefficient (Wildman–Crippen LogP) is 0.356. The van der Waals surface area contributed by atoms with E-state index in [4.69, 9.17) is 23.1 Å². The van der Waals surface area contributed by atoms with Gasteiger partial charge in [-0.3, -0.25) is 23.4 Å². The molecule has 1 aromatic rings. The molecular formula is C21H27NO11S. The first-order chi connectivity index (χ1) is 15.8. The second kappa shape index (κ2) is 11.4. The molecule has 1 N–H and O–H groups in total. The van der Waals surface area contributed by atoms with Gasteiger partial charge in [-0.15, -0.1) is 0 Å². The van der Waals surface area contributed by atoms with E-state index in [-0.39, 0.29) is 4.90 Å². The Bertz CT molecular complexity index is 1020. The number of amides is 1. The van der Waals surface area contributed by atoms with Gasteiger partial charge in [0.15, 0.2) is 12.2 Å². The summed E-state index contributed by atoms with van der Waals surface area (Å²) in [5.74, 6) is -2.97. The lowest BCUT2D eigenvalue weighted by molar-refractivity contribution is -0.268. The van der Waals surface area contributed by atoms with Gasteiger partial charge in [0.05, 0.1) is 11.5 Å². The van der Waals surface area contributed by atoms with Crippen LogP contribution in [0.2, 0.25) is 0 Å². The minimum atomic E-state index is -4.25. The summed E-state index contributed by atoms with van der Waals surface area (Å²) in [6, 6.07) is 4.61. The third-order valence-corrected chi connectivity index (χ3v) is 5.90. The highest BCUT2D eigenvalue weighted by molar-refractivity contribution is 7.86. The number of rotatable bonds is 8. The molecule has 1 heterocycles. The van der Waals surface area contributed by atoms with Gasteiger partial charge in [0, 0.05) is 27.7 Å². The normalized spacial score (nSPS) is 24.6. The summed E-state index contributed by atoms with van der Waals surface area (Å²) in [5, 5.41) is 2.45. The largest absolute Gasteiger partial charge is 0.456 e. The molecule has 0 aromatic heterocycles. The van der Waals surface area contributed by atoms with Crippen molar-refractivity contribution in [3.8, 4) is 0 Å². The Morgan fingerprint density at radius 1 is 0.882 bits per heavy atom. The number of hydrogen-bond acceptors (Lipinski definition) is 11. The van der Waals surface area contributed by atoms with Gasteiger partial charge in [0.1, 0.15) is 12.1 Å². The van der Waals surface area contributed by atoms with Gasteiger partial charge < -0.3 is 24.3 Å². The number of ether oxygens (including phenoxy) is 4. The first-order valence-electron chi connectivity index (χ1n) is 10.2. The topological polar surface area (TPSA) is 161 Å². The molecule has 1 fully saturated rings. The van der Waals surface area contributed by atoms with Crippen molar-refractivity contribution in [2.75, 3.05) is 6.61 Å². The van der Waals surface area contributed by atoms with Crippen LogP contribution in [0.1, 0.15) is 33.3 Å². The molecule has 0 aliphatic carbocycles. The molecule has 188 valence electrons. The second-order valence-electron chi connectivity index (χ2n) is 7.58. The lowest BCUT2D eigenvalue weighted by Crippen LogP contribution is -2.66. The van der Waals surface area contributed by atoms with E-state index in [1.165, 1.54) is 19.1 Å². The van der Waals surface area contributed by atoms with E-state index in [0.29, 0.717) is 0 Å². The molecule has 12 nitrogen and oxygen atoms in total. The molecule has 0 bridgehead atoms. The van der Waals surface area contributed by atoms with E-state index in [1.807, 2.05) is 0 Å². The van der Waals surface area contributed by atoms with E-state index in [9.17, 15) is 27.6 Å². The minimum absolute atomic E-state index is 0.123. The smallest absolute Gasteiger partial charge is 0.305 e. The van der Waals surface area contributed by atoms with Crippen LogP contribution in [0, 0.1) is 6.92 Å². The lowest BCUT2D eigenvalue weighted by Gasteiger charge is -2.44. The van der Waals surface area contributed by atoms with Crippen LogP contribution in [0.5, 0.6) is 0 Å². The minimum Gasteiger partial charge on any atom is -0.456 e. The Labute approximate surface area is 196 Å². The number of aryl methyl sites for hydroxylation is 1. The van der Waals surface area contributed by atoms with Gasteiger partial charge in [-0.05, 0) is 19.1 Å². The Kier molecular flexibility index (Phi) is 9.13. The fourth-order valence-electron chi connectivity index (χ4n) is 3.29. The van der Waals surface area contributed by atoms with Gasteiger partial charge in [0.25, 0.3) is 10.1 Å². The molecule has 1 aromatic carbocycles. The highest BCUT2D eigenvalue weighted by Gasteiger charge is 2.52. The summed E-state index contributed by atoms with van der Waals surface area (Å²) in [6.07, 6.45) is -5.66. The van der Waals surface area contributed by atoms with Crippen molar-refractivity contribution in [3.05, 3.63) is 29.8 Å². The lowest BCUT2D eigenvalue weighted by atomic mass is 9.96. The van der Waals surface area contributed by atoms with Crippen molar-refractivity contribution in [3.63, 3.8) is 0 Å². The van der Waals surface area contributed by atoms with E-state index in [1.54, 1.807) is 19.1 Å². The molecule has 1 aliphatic rings. The predicted molar refractivity (Wildman–Crippen MR) is 113 cm³/mol. The second-order valence-corrected chi connectivity index (χ2v) is 9.19. The van der Waals surface area contributed by atoms with Crippen molar-refractivity contribution >= 4 is 33.9 Å². The Hall–Kier alpha value is -3.03. The summed E-state index contributed by atoms with van der Waals surface area (Å²) in [6.45, 7) is 5.51. The maximum Gasteiger partial charge on any atom is 0.305 e. The highest BCUT2D eigenvalue weighted by atomic mass is 32.2. The first kappa shape index (κ1) is 27.2. The summed E-state index contributed by atoms with van der Waals surface area (Å²) in [7, 11) is -4.25. The Balaban J connectivity index is 2.40. The molecule has 2 rings (SSSR count). The van der Waals surface area contributed by atoms with E-state index in [0.717, 1.165) is 26.3 Å². The Morgan fingerprint density at radius 3 is 1.91 bits per heavy atom. The highest BCUT2D eigenvalue weighted by Crippen LogP contribution is 2.28. The van der Waals surface area contributed by atoms with Crippen LogP contribution in [0.15, 0.2) is 29.2 Å². The van der Waals surface area contributed by atoms with Crippen LogP contribution in [0.4, 0.5) is 0 Å². The molecule has 1 saturated heterocycles. The summed E-state index contributed by atoms with van der Waals surface area (Å²) in [4.78, 5) is 46.8. The van der Waals surface area contributed by atoms with Gasteiger partial charge in [-0.25, -0.2) is 0 Å². The number of hydrogen-bond donors (Lipinski definition) is 1. The zero-order valence-electron chi connectivity index (χ0n) is 19.3. The third-order valence-electron chi connectivity index (χ3n) is 4.60. The van der Waals surface area contributed by atoms with Crippen LogP contribution < -0.4 is 5.32 Å². The summed E-state index contributed by atoms with van der Waals surface area (Å²) >= 11 is 0. The standard InChI is InChI=1S/C21H27NO11S/c1-11-6-8-16(9-7-11)34(27,28)29-10-17-19(30-13(3)24)20(31-14(4)25)18(22-12(2)23)21(33-17)32-15(5)26/h6-9,17-21H,10H2,1-5H3,(H,22,23)/t17-,18+,19+,20+,21-/m1/s1. The number of benzene rings is 1. The molecular weight excluding hydrogens is 474 g/mol. The molecule has 0 radical (unpaired) electrons. The zero-order valence-corrected chi connectivity index (χ0v) is 20.1. The van der Waals surface area contributed by atoms with Crippen molar-refractivity contribution < 1.29 is 50.7 Å². The molecule has 0 unspecified atom stereocenters. The average molecular weight is 502 g/mol.